The average molecular weight is 345 g/mol. The minimum absolute atomic E-state index is 0.522. The van der Waals surface area contributed by atoms with E-state index in [1.807, 2.05) is 24.3 Å². The minimum atomic E-state index is 0.522. The second-order valence-electron chi connectivity index (χ2n) is 7.18. The molecule has 2 aliphatic rings. The van der Waals surface area contributed by atoms with E-state index in [4.69, 9.17) is 14.5 Å². The molecule has 3 rings (SSSR count). The fourth-order valence-electron chi connectivity index (χ4n) is 3.29. The van der Waals surface area contributed by atoms with Gasteiger partial charge >= 0.3 is 0 Å². The molecule has 0 heterocycles. The van der Waals surface area contributed by atoms with Crippen LogP contribution in [0.15, 0.2) is 29.3 Å². The van der Waals surface area contributed by atoms with Gasteiger partial charge in [0, 0.05) is 45.0 Å². The van der Waals surface area contributed by atoms with Gasteiger partial charge in [-0.3, -0.25) is 4.99 Å². The molecule has 5 nitrogen and oxygen atoms in total. The lowest BCUT2D eigenvalue weighted by Gasteiger charge is -2.15. The predicted molar refractivity (Wildman–Crippen MR) is 102 cm³/mol. The van der Waals surface area contributed by atoms with Crippen molar-refractivity contribution < 1.29 is 9.47 Å². The number of ether oxygens (including phenoxy) is 2. The number of methoxy groups -OCH3 is 1. The molecule has 0 saturated heterocycles. The van der Waals surface area contributed by atoms with E-state index in [0.29, 0.717) is 12.0 Å². The molecular formula is C20H31N3O2. The van der Waals surface area contributed by atoms with E-state index in [0.717, 1.165) is 49.4 Å². The molecule has 0 atom stereocenters. The van der Waals surface area contributed by atoms with Gasteiger partial charge in [0.1, 0.15) is 5.75 Å². The Morgan fingerprint density at radius 2 is 2.12 bits per heavy atom. The van der Waals surface area contributed by atoms with E-state index in [2.05, 4.69) is 17.6 Å². The molecule has 0 aliphatic heterocycles. The van der Waals surface area contributed by atoms with Gasteiger partial charge in [-0.2, -0.15) is 0 Å². The van der Waals surface area contributed by atoms with Gasteiger partial charge in [-0.15, -0.1) is 0 Å². The highest BCUT2D eigenvalue weighted by Crippen LogP contribution is 2.61. The fourth-order valence-corrected chi connectivity index (χ4v) is 3.29. The van der Waals surface area contributed by atoms with Crippen LogP contribution in [-0.4, -0.2) is 39.4 Å². The third-order valence-electron chi connectivity index (χ3n) is 5.09. The van der Waals surface area contributed by atoms with Gasteiger partial charge in [-0.1, -0.05) is 6.07 Å². The van der Waals surface area contributed by atoms with Crippen LogP contribution >= 0.6 is 0 Å². The summed E-state index contributed by atoms with van der Waals surface area (Å²) >= 11 is 0. The van der Waals surface area contributed by atoms with Gasteiger partial charge < -0.3 is 20.1 Å². The lowest BCUT2D eigenvalue weighted by Crippen LogP contribution is -2.31. The molecule has 2 saturated carbocycles. The maximum Gasteiger partial charge on any atom is 0.195 e. The number of benzene rings is 1. The summed E-state index contributed by atoms with van der Waals surface area (Å²) in [6.45, 7) is 5.28. The Balaban J connectivity index is 1.55. The van der Waals surface area contributed by atoms with E-state index in [9.17, 15) is 0 Å². The van der Waals surface area contributed by atoms with Crippen molar-refractivity contribution in [1.82, 2.24) is 5.32 Å². The maximum absolute atomic E-state index is 5.77. The van der Waals surface area contributed by atoms with Crippen LogP contribution in [0, 0.1) is 11.3 Å². The third-order valence-corrected chi connectivity index (χ3v) is 5.09. The van der Waals surface area contributed by atoms with E-state index in [1.165, 1.54) is 25.7 Å². The number of nitrogens with zero attached hydrogens (tertiary/aromatic N) is 1. The first-order valence-electron chi connectivity index (χ1n) is 9.53. The summed E-state index contributed by atoms with van der Waals surface area (Å²) in [5.74, 6) is 2.67. The second-order valence-corrected chi connectivity index (χ2v) is 7.18. The molecule has 25 heavy (non-hydrogen) atoms. The Morgan fingerprint density at radius 1 is 1.28 bits per heavy atom. The second kappa shape index (κ2) is 8.56. The van der Waals surface area contributed by atoms with Crippen molar-refractivity contribution in [3.8, 4) is 5.75 Å². The highest BCUT2D eigenvalue weighted by Gasteiger charge is 2.53. The fraction of sp³-hybridized carbons (Fsp3) is 0.650. The molecule has 0 amide bonds. The molecule has 5 heteroatoms. The topological polar surface area (TPSA) is 54.9 Å². The molecule has 0 spiro atoms. The third kappa shape index (κ3) is 5.36. The van der Waals surface area contributed by atoms with E-state index in [-0.39, 0.29) is 0 Å². The zero-order valence-corrected chi connectivity index (χ0v) is 15.5. The maximum atomic E-state index is 5.77. The Bertz CT molecular complexity index is 580. The van der Waals surface area contributed by atoms with Crippen LogP contribution in [0.3, 0.4) is 0 Å². The van der Waals surface area contributed by atoms with Crippen LogP contribution in [0.5, 0.6) is 5.75 Å². The Morgan fingerprint density at radius 3 is 2.80 bits per heavy atom. The molecule has 0 radical (unpaired) electrons. The van der Waals surface area contributed by atoms with Crippen LogP contribution in [0.4, 0.5) is 5.69 Å². The van der Waals surface area contributed by atoms with Crippen LogP contribution < -0.4 is 15.4 Å². The molecule has 2 fully saturated rings. The number of aliphatic imine (C=N–C) groups is 1. The molecule has 0 unspecified atom stereocenters. The first-order valence-corrected chi connectivity index (χ1v) is 9.53. The molecule has 1 aromatic carbocycles. The standard InChI is InChI=1S/C20H31N3O2/c1-3-21-19(22-15-20(10-11-20)16-8-9-16)23-17-6-4-7-18(14-17)25-13-5-12-24-2/h4,6-7,14,16H,3,5,8-13,15H2,1-2H3,(H2,21,22,23). The Hall–Kier alpha value is -1.75. The molecule has 0 bridgehead atoms. The highest BCUT2D eigenvalue weighted by atomic mass is 16.5. The summed E-state index contributed by atoms with van der Waals surface area (Å²) in [6, 6.07) is 8.05. The number of nitrogens with one attached hydrogen (secondary N) is 2. The number of rotatable bonds is 10. The number of guanidine groups is 1. The average Bonchev–Trinajstić information content (AvgIpc) is 3.50. The zero-order valence-electron chi connectivity index (χ0n) is 15.5. The Kier molecular flexibility index (Phi) is 6.19. The lowest BCUT2D eigenvalue weighted by atomic mass is 10.0. The van der Waals surface area contributed by atoms with Gasteiger partial charge in [0.05, 0.1) is 6.61 Å². The van der Waals surface area contributed by atoms with Gasteiger partial charge in [-0.05, 0) is 56.1 Å². The first-order chi connectivity index (χ1) is 12.3. The summed E-state index contributed by atoms with van der Waals surface area (Å²) < 4.78 is 10.8. The lowest BCUT2D eigenvalue weighted by molar-refractivity contribution is 0.172. The minimum Gasteiger partial charge on any atom is -0.493 e. The summed E-state index contributed by atoms with van der Waals surface area (Å²) in [5.41, 5.74) is 1.52. The smallest absolute Gasteiger partial charge is 0.195 e. The summed E-state index contributed by atoms with van der Waals surface area (Å²) in [5, 5.41) is 6.77. The van der Waals surface area contributed by atoms with E-state index < -0.39 is 0 Å². The van der Waals surface area contributed by atoms with Crippen LogP contribution in [0.25, 0.3) is 0 Å². The highest BCUT2D eigenvalue weighted by molar-refractivity contribution is 5.93. The Labute approximate surface area is 151 Å². The molecular weight excluding hydrogens is 314 g/mol. The van der Waals surface area contributed by atoms with Crippen LogP contribution in [-0.2, 0) is 4.74 Å². The SMILES string of the molecule is CCNC(=NCC1(C2CC2)CC1)Nc1cccc(OCCCOC)c1. The largest absolute Gasteiger partial charge is 0.493 e. The molecule has 1 aromatic rings. The molecule has 138 valence electrons. The van der Waals surface area contributed by atoms with Crippen molar-refractivity contribution >= 4 is 11.6 Å². The van der Waals surface area contributed by atoms with E-state index >= 15 is 0 Å². The van der Waals surface area contributed by atoms with E-state index in [1.54, 1.807) is 7.11 Å². The quantitative estimate of drug-likeness (QED) is 0.386. The van der Waals surface area contributed by atoms with Crippen LogP contribution in [0.1, 0.15) is 39.0 Å². The van der Waals surface area contributed by atoms with Crippen molar-refractivity contribution in [3.63, 3.8) is 0 Å². The normalized spacial score (nSPS) is 18.7. The van der Waals surface area contributed by atoms with Crippen molar-refractivity contribution in [2.45, 2.75) is 39.0 Å². The van der Waals surface area contributed by atoms with Crippen LogP contribution in [0.2, 0.25) is 0 Å². The van der Waals surface area contributed by atoms with Gasteiger partial charge in [0.15, 0.2) is 5.96 Å². The molecule has 2 N–H and O–H groups in total. The summed E-state index contributed by atoms with van der Waals surface area (Å²) in [6.07, 6.45) is 6.40. The number of hydrogen-bond acceptors (Lipinski definition) is 3. The number of anilines is 1. The van der Waals surface area contributed by atoms with Crippen molar-refractivity contribution in [2.24, 2.45) is 16.3 Å². The monoisotopic (exact) mass is 345 g/mol. The molecule has 2 aliphatic carbocycles. The molecule has 0 aromatic heterocycles. The number of hydrogen-bond donors (Lipinski definition) is 2. The van der Waals surface area contributed by atoms with Crippen molar-refractivity contribution in [3.05, 3.63) is 24.3 Å². The summed E-state index contributed by atoms with van der Waals surface area (Å²) in [4.78, 5) is 4.86. The van der Waals surface area contributed by atoms with Gasteiger partial charge in [0.2, 0.25) is 0 Å². The van der Waals surface area contributed by atoms with Crippen molar-refractivity contribution in [2.75, 3.05) is 38.7 Å². The van der Waals surface area contributed by atoms with Crippen molar-refractivity contribution in [1.29, 1.82) is 0 Å². The first kappa shape index (κ1) is 18.1. The van der Waals surface area contributed by atoms with Gasteiger partial charge in [-0.25, -0.2) is 0 Å². The predicted octanol–water partition coefficient (Wildman–Crippen LogP) is 3.67. The summed E-state index contributed by atoms with van der Waals surface area (Å²) in [7, 11) is 1.71. The van der Waals surface area contributed by atoms with Gasteiger partial charge in [0.25, 0.3) is 0 Å². The zero-order chi connectivity index (χ0) is 17.5.